The zero-order valence-electron chi connectivity index (χ0n) is 9.67. The number of carbonyl (C=O) groups excluding carboxylic acids is 1. The molecular weight excluding hydrogens is 242 g/mol. The molecule has 0 radical (unpaired) electrons. The largest absolute Gasteiger partial charge is 0.466 e. The zero-order valence-corrected chi connectivity index (χ0v) is 9.67. The van der Waals surface area contributed by atoms with Gasteiger partial charge >= 0.3 is 5.97 Å². The number of esters is 1. The summed E-state index contributed by atoms with van der Waals surface area (Å²) in [6.07, 6.45) is 0.256. The van der Waals surface area contributed by atoms with Gasteiger partial charge in [0.1, 0.15) is 0 Å². The maximum atomic E-state index is 10.9. The summed E-state index contributed by atoms with van der Waals surface area (Å²) in [5.74, 6) is 0.412. The topological polar surface area (TPSA) is 87.9 Å². The molecule has 1 aliphatic rings. The summed E-state index contributed by atoms with van der Waals surface area (Å²) in [6, 6.07) is 2.87. The van der Waals surface area contributed by atoms with Crippen LogP contribution in [0, 0.1) is 10.1 Å². The molecule has 1 aromatic carbocycles. The van der Waals surface area contributed by atoms with Crippen molar-refractivity contribution in [2.75, 3.05) is 13.4 Å². The summed E-state index contributed by atoms with van der Waals surface area (Å²) >= 11 is 0. The van der Waals surface area contributed by atoms with E-state index in [1.807, 2.05) is 0 Å². The highest BCUT2D eigenvalue weighted by atomic mass is 16.7. The van der Waals surface area contributed by atoms with E-state index in [2.05, 4.69) is 0 Å². The summed E-state index contributed by atoms with van der Waals surface area (Å²) in [5.41, 5.74) is 0.386. The molecule has 0 aliphatic carbocycles. The molecule has 0 saturated heterocycles. The van der Waals surface area contributed by atoms with Crippen LogP contribution in [0.2, 0.25) is 0 Å². The van der Waals surface area contributed by atoms with Crippen molar-refractivity contribution in [2.24, 2.45) is 0 Å². The normalized spacial score (nSPS) is 12.3. The quantitative estimate of drug-likeness (QED) is 0.458. The Bertz CT molecular complexity index is 499. The summed E-state index contributed by atoms with van der Waals surface area (Å²) in [5, 5.41) is 10.9. The monoisotopic (exact) mass is 253 g/mol. The van der Waals surface area contributed by atoms with Gasteiger partial charge < -0.3 is 14.2 Å². The maximum Gasteiger partial charge on any atom is 0.302 e. The van der Waals surface area contributed by atoms with Crippen molar-refractivity contribution >= 4 is 11.7 Å². The number of ether oxygens (including phenoxy) is 3. The number of hydrogen-bond donors (Lipinski definition) is 0. The lowest BCUT2D eigenvalue weighted by atomic mass is 10.1. The second-order valence-corrected chi connectivity index (χ2v) is 3.68. The van der Waals surface area contributed by atoms with Gasteiger partial charge in [0, 0.05) is 18.9 Å². The molecule has 2 rings (SSSR count). The van der Waals surface area contributed by atoms with E-state index >= 15 is 0 Å². The first kappa shape index (κ1) is 12.2. The van der Waals surface area contributed by atoms with Crippen molar-refractivity contribution in [1.82, 2.24) is 0 Å². The van der Waals surface area contributed by atoms with E-state index < -0.39 is 10.9 Å². The Hall–Kier alpha value is -2.31. The smallest absolute Gasteiger partial charge is 0.302 e. The lowest BCUT2D eigenvalue weighted by Gasteiger charge is -2.05. The van der Waals surface area contributed by atoms with Crippen LogP contribution in [0.3, 0.4) is 0 Å². The van der Waals surface area contributed by atoms with Crippen molar-refractivity contribution in [3.63, 3.8) is 0 Å². The molecule has 0 atom stereocenters. The highest BCUT2D eigenvalue weighted by Gasteiger charge is 2.23. The standard InChI is InChI=1S/C11H11NO6/c1-7(13)16-3-2-8-4-10-11(18-6-17-10)5-9(8)12(14)15/h4-5H,2-3,6H2,1H3. The maximum absolute atomic E-state index is 10.9. The molecule has 7 nitrogen and oxygen atoms in total. The van der Waals surface area contributed by atoms with Gasteiger partial charge in [0.15, 0.2) is 11.5 Å². The van der Waals surface area contributed by atoms with Gasteiger partial charge in [-0.3, -0.25) is 14.9 Å². The van der Waals surface area contributed by atoms with Crippen LogP contribution < -0.4 is 9.47 Å². The second-order valence-electron chi connectivity index (χ2n) is 3.68. The van der Waals surface area contributed by atoms with Gasteiger partial charge in [-0.15, -0.1) is 0 Å². The van der Waals surface area contributed by atoms with Crippen molar-refractivity contribution in [3.05, 3.63) is 27.8 Å². The molecule has 1 aromatic rings. The Morgan fingerprint density at radius 3 is 2.72 bits per heavy atom. The van der Waals surface area contributed by atoms with E-state index in [4.69, 9.17) is 14.2 Å². The number of hydrogen-bond acceptors (Lipinski definition) is 6. The fourth-order valence-corrected chi connectivity index (χ4v) is 1.65. The van der Waals surface area contributed by atoms with Crippen LogP contribution in [0.15, 0.2) is 12.1 Å². The second kappa shape index (κ2) is 4.91. The molecule has 0 aromatic heterocycles. The summed E-state index contributed by atoms with van der Waals surface area (Å²) in [6.45, 7) is 1.43. The molecular formula is C11H11NO6. The number of fused-ring (bicyclic) bond motifs is 1. The summed E-state index contributed by atoms with van der Waals surface area (Å²) < 4.78 is 15.0. The number of carbonyl (C=O) groups is 1. The molecule has 0 bridgehead atoms. The zero-order chi connectivity index (χ0) is 13.1. The third-order valence-electron chi connectivity index (χ3n) is 2.45. The molecule has 0 fully saturated rings. The molecule has 0 saturated carbocycles. The minimum Gasteiger partial charge on any atom is -0.466 e. The average molecular weight is 253 g/mol. The van der Waals surface area contributed by atoms with Crippen molar-refractivity contribution in [2.45, 2.75) is 13.3 Å². The number of nitrogens with zero attached hydrogens (tertiary/aromatic N) is 1. The Morgan fingerprint density at radius 2 is 2.11 bits per heavy atom. The lowest BCUT2D eigenvalue weighted by Crippen LogP contribution is -2.05. The van der Waals surface area contributed by atoms with Gasteiger partial charge in [-0.25, -0.2) is 0 Å². The third kappa shape index (κ3) is 2.50. The molecule has 1 aliphatic heterocycles. The fourth-order valence-electron chi connectivity index (χ4n) is 1.65. The Morgan fingerprint density at radius 1 is 1.44 bits per heavy atom. The van der Waals surface area contributed by atoms with Crippen LogP contribution in [0.25, 0.3) is 0 Å². The molecule has 18 heavy (non-hydrogen) atoms. The van der Waals surface area contributed by atoms with E-state index in [0.29, 0.717) is 17.1 Å². The first-order valence-corrected chi connectivity index (χ1v) is 5.28. The molecule has 0 N–H and O–H groups in total. The number of rotatable bonds is 4. The van der Waals surface area contributed by atoms with Gasteiger partial charge in [0.2, 0.25) is 6.79 Å². The van der Waals surface area contributed by atoms with E-state index in [0.717, 1.165) is 0 Å². The van der Waals surface area contributed by atoms with E-state index in [1.54, 1.807) is 6.07 Å². The first-order valence-electron chi connectivity index (χ1n) is 5.28. The predicted octanol–water partition coefficient (Wildman–Crippen LogP) is 1.43. The predicted molar refractivity (Wildman–Crippen MR) is 59.6 cm³/mol. The highest BCUT2D eigenvalue weighted by Crippen LogP contribution is 2.38. The van der Waals surface area contributed by atoms with Gasteiger partial charge in [-0.1, -0.05) is 0 Å². The summed E-state index contributed by atoms with van der Waals surface area (Å²) in [4.78, 5) is 21.1. The van der Waals surface area contributed by atoms with E-state index in [-0.39, 0.29) is 25.5 Å². The molecule has 96 valence electrons. The molecule has 7 heteroatoms. The molecule has 0 spiro atoms. The van der Waals surface area contributed by atoms with Crippen LogP contribution in [-0.2, 0) is 16.0 Å². The highest BCUT2D eigenvalue weighted by molar-refractivity contribution is 5.66. The number of benzene rings is 1. The lowest BCUT2D eigenvalue weighted by molar-refractivity contribution is -0.385. The Balaban J connectivity index is 2.21. The summed E-state index contributed by atoms with van der Waals surface area (Å²) in [7, 11) is 0. The van der Waals surface area contributed by atoms with Crippen LogP contribution in [-0.4, -0.2) is 24.3 Å². The van der Waals surface area contributed by atoms with Gasteiger partial charge in [-0.2, -0.15) is 0 Å². The van der Waals surface area contributed by atoms with Crippen LogP contribution in [0.5, 0.6) is 11.5 Å². The van der Waals surface area contributed by atoms with Crippen molar-refractivity contribution in [3.8, 4) is 11.5 Å². The number of nitro groups is 1. The fraction of sp³-hybridized carbons (Fsp3) is 0.364. The molecule has 0 unspecified atom stereocenters. The van der Waals surface area contributed by atoms with Crippen LogP contribution in [0.4, 0.5) is 5.69 Å². The van der Waals surface area contributed by atoms with Gasteiger partial charge in [0.05, 0.1) is 17.6 Å². The van der Waals surface area contributed by atoms with Crippen molar-refractivity contribution in [1.29, 1.82) is 0 Å². The SMILES string of the molecule is CC(=O)OCCc1cc2c(cc1[N+](=O)[O-])OCO2. The van der Waals surface area contributed by atoms with Crippen LogP contribution in [0.1, 0.15) is 12.5 Å². The third-order valence-corrected chi connectivity index (χ3v) is 2.45. The van der Waals surface area contributed by atoms with Gasteiger partial charge in [0.25, 0.3) is 5.69 Å². The first-order chi connectivity index (χ1) is 8.58. The van der Waals surface area contributed by atoms with E-state index in [9.17, 15) is 14.9 Å². The minimum atomic E-state index is -0.495. The number of nitro benzene ring substituents is 1. The van der Waals surface area contributed by atoms with Crippen molar-refractivity contribution < 1.29 is 23.9 Å². The van der Waals surface area contributed by atoms with Crippen LogP contribution >= 0.6 is 0 Å². The molecule has 0 amide bonds. The molecule has 1 heterocycles. The van der Waals surface area contributed by atoms with Gasteiger partial charge in [-0.05, 0) is 6.07 Å². The Labute approximate surface area is 102 Å². The Kier molecular flexibility index (Phi) is 3.31. The minimum absolute atomic E-state index is 0.0554. The van der Waals surface area contributed by atoms with E-state index in [1.165, 1.54) is 13.0 Å². The average Bonchev–Trinajstić information content (AvgIpc) is 2.74.